The van der Waals surface area contributed by atoms with E-state index in [2.05, 4.69) is 4.98 Å². The monoisotopic (exact) mass is 433 g/mol. The molecule has 1 aliphatic rings. The van der Waals surface area contributed by atoms with Gasteiger partial charge in [0.15, 0.2) is 5.16 Å². The number of thioether (sulfide) groups is 1. The van der Waals surface area contributed by atoms with Crippen molar-refractivity contribution in [3.05, 3.63) is 50.9 Å². The second-order valence-electron chi connectivity index (χ2n) is 6.76. The fourth-order valence-corrected chi connectivity index (χ4v) is 5.21. The quantitative estimate of drug-likeness (QED) is 0.467. The third-order valence-electron chi connectivity index (χ3n) is 4.95. The van der Waals surface area contributed by atoms with Crippen LogP contribution in [0.3, 0.4) is 0 Å². The Kier molecular flexibility index (Phi) is 5.71. The van der Waals surface area contributed by atoms with Gasteiger partial charge in [-0.1, -0.05) is 11.8 Å². The van der Waals surface area contributed by atoms with E-state index in [-0.39, 0.29) is 23.0 Å². The van der Waals surface area contributed by atoms with Crippen LogP contribution in [-0.4, -0.2) is 52.4 Å². The Morgan fingerprint density at radius 2 is 1.93 bits per heavy atom. The zero-order valence-electron chi connectivity index (χ0n) is 16.1. The molecule has 0 aliphatic carbocycles. The van der Waals surface area contributed by atoms with Gasteiger partial charge in [-0.3, -0.25) is 14.2 Å². The number of ether oxygens (including phenoxy) is 1. The minimum absolute atomic E-state index is 0.0168. The van der Waals surface area contributed by atoms with E-state index < -0.39 is 0 Å². The maximum Gasteiger partial charge on any atom is 0.267 e. The number of nitrogens with zero attached hydrogens (tertiary/aromatic N) is 3. The molecule has 0 saturated carbocycles. The second-order valence-corrected chi connectivity index (χ2v) is 8.90. The topological polar surface area (TPSA) is 64.4 Å². The van der Waals surface area contributed by atoms with Crippen molar-refractivity contribution >= 4 is 39.2 Å². The van der Waals surface area contributed by atoms with Crippen LogP contribution in [0.1, 0.15) is 10.4 Å². The Balaban J connectivity index is 1.75. The third-order valence-corrected chi connectivity index (χ3v) is 6.97. The van der Waals surface area contributed by atoms with E-state index in [0.717, 1.165) is 10.4 Å². The van der Waals surface area contributed by atoms with Gasteiger partial charge in [-0.2, -0.15) is 0 Å². The van der Waals surface area contributed by atoms with Crippen molar-refractivity contribution < 1.29 is 13.9 Å². The predicted octanol–water partition coefficient (Wildman–Crippen LogP) is 3.15. The highest BCUT2D eigenvalue weighted by Gasteiger charge is 2.21. The summed E-state index contributed by atoms with van der Waals surface area (Å²) in [6.45, 7) is 6.07. The molecule has 9 heteroatoms. The van der Waals surface area contributed by atoms with Crippen molar-refractivity contribution in [2.24, 2.45) is 0 Å². The fourth-order valence-electron chi connectivity index (χ4n) is 3.22. The lowest BCUT2D eigenvalue weighted by Crippen LogP contribution is -2.41. The normalized spacial score (nSPS) is 14.5. The van der Waals surface area contributed by atoms with Crippen molar-refractivity contribution in [2.75, 3.05) is 32.1 Å². The second kappa shape index (κ2) is 8.25. The molecular weight excluding hydrogens is 413 g/mol. The zero-order chi connectivity index (χ0) is 20.5. The number of thiophene rings is 1. The third kappa shape index (κ3) is 3.94. The van der Waals surface area contributed by atoms with Gasteiger partial charge in [0.05, 0.1) is 30.0 Å². The van der Waals surface area contributed by atoms with E-state index in [1.54, 1.807) is 17.0 Å². The Hall–Kier alpha value is -2.23. The molecule has 6 nitrogen and oxygen atoms in total. The average molecular weight is 434 g/mol. The Bertz CT molecular complexity index is 1120. The molecule has 1 saturated heterocycles. The van der Waals surface area contributed by atoms with Crippen molar-refractivity contribution in [3.8, 4) is 5.69 Å². The molecule has 0 radical (unpaired) electrons. The summed E-state index contributed by atoms with van der Waals surface area (Å²) in [5.74, 6) is -0.227. The number of hydrogen-bond acceptors (Lipinski definition) is 6. The summed E-state index contributed by atoms with van der Waals surface area (Å²) in [6.07, 6.45) is 0. The fraction of sp³-hybridized carbons (Fsp3) is 0.350. The number of halogens is 1. The summed E-state index contributed by atoms with van der Waals surface area (Å²) in [6, 6.07) is 5.72. The molecule has 4 rings (SSSR count). The number of carbonyl (C=O) groups is 1. The molecule has 29 heavy (non-hydrogen) atoms. The lowest BCUT2D eigenvalue weighted by atomic mass is 10.2. The van der Waals surface area contributed by atoms with Crippen molar-refractivity contribution in [1.82, 2.24) is 14.5 Å². The predicted molar refractivity (Wildman–Crippen MR) is 113 cm³/mol. The van der Waals surface area contributed by atoms with Gasteiger partial charge in [0.25, 0.3) is 5.56 Å². The standard InChI is InChI=1S/C20H20FN3O3S2/c1-12-13(2)29-18-17(12)19(26)24(15-5-3-14(21)4-6-15)20(22-18)28-11-16(25)23-7-9-27-10-8-23/h3-6H,7-11H2,1-2H3. The maximum absolute atomic E-state index is 13.4. The highest BCUT2D eigenvalue weighted by molar-refractivity contribution is 7.99. The largest absolute Gasteiger partial charge is 0.378 e. The molecule has 1 amide bonds. The van der Waals surface area contributed by atoms with Gasteiger partial charge >= 0.3 is 0 Å². The Labute approximate surface area is 175 Å². The smallest absolute Gasteiger partial charge is 0.267 e. The molecule has 0 N–H and O–H groups in total. The van der Waals surface area contributed by atoms with Gasteiger partial charge in [0.2, 0.25) is 5.91 Å². The molecule has 1 aromatic carbocycles. The van der Waals surface area contributed by atoms with Gasteiger partial charge in [-0.05, 0) is 43.7 Å². The van der Waals surface area contributed by atoms with Gasteiger partial charge in [-0.25, -0.2) is 9.37 Å². The van der Waals surface area contributed by atoms with E-state index in [1.165, 1.54) is 39.8 Å². The maximum atomic E-state index is 13.4. The summed E-state index contributed by atoms with van der Waals surface area (Å²) in [5, 5.41) is 0.998. The van der Waals surface area contributed by atoms with Crippen LogP contribution < -0.4 is 5.56 Å². The van der Waals surface area contributed by atoms with E-state index in [4.69, 9.17) is 4.74 Å². The number of carbonyl (C=O) groups excluding carboxylic acids is 1. The van der Waals surface area contributed by atoms with Crippen LogP contribution in [-0.2, 0) is 9.53 Å². The molecular formula is C20H20FN3O3S2. The van der Waals surface area contributed by atoms with Crippen LogP contribution in [0, 0.1) is 19.7 Å². The van der Waals surface area contributed by atoms with Crippen molar-refractivity contribution in [2.45, 2.75) is 19.0 Å². The average Bonchev–Trinajstić information content (AvgIpc) is 3.01. The highest BCUT2D eigenvalue weighted by atomic mass is 32.2. The van der Waals surface area contributed by atoms with E-state index in [9.17, 15) is 14.0 Å². The summed E-state index contributed by atoms with van der Waals surface area (Å²) in [7, 11) is 0. The minimum atomic E-state index is -0.380. The molecule has 0 atom stereocenters. The van der Waals surface area contributed by atoms with Gasteiger partial charge in [0, 0.05) is 18.0 Å². The first kappa shape index (κ1) is 20.1. The number of benzene rings is 1. The molecule has 2 aromatic heterocycles. The van der Waals surface area contributed by atoms with Crippen molar-refractivity contribution in [3.63, 3.8) is 0 Å². The first-order valence-corrected chi connectivity index (χ1v) is 11.0. The van der Waals surface area contributed by atoms with E-state index in [1.807, 2.05) is 13.8 Å². The number of morpholine rings is 1. The summed E-state index contributed by atoms with van der Waals surface area (Å²) in [4.78, 5) is 34.0. The summed E-state index contributed by atoms with van der Waals surface area (Å²) >= 11 is 2.69. The number of hydrogen-bond donors (Lipinski definition) is 0. The highest BCUT2D eigenvalue weighted by Crippen LogP contribution is 2.29. The van der Waals surface area contributed by atoms with Crippen molar-refractivity contribution in [1.29, 1.82) is 0 Å². The summed E-state index contributed by atoms with van der Waals surface area (Å²) in [5.41, 5.74) is 1.22. The van der Waals surface area contributed by atoms with Crippen LogP contribution in [0.2, 0.25) is 0 Å². The molecule has 1 fully saturated rings. The number of aromatic nitrogens is 2. The van der Waals surface area contributed by atoms with Gasteiger partial charge in [-0.15, -0.1) is 11.3 Å². The lowest BCUT2D eigenvalue weighted by molar-refractivity contribution is -0.132. The molecule has 1 aliphatic heterocycles. The van der Waals surface area contributed by atoms with Crippen LogP contribution in [0.15, 0.2) is 34.2 Å². The Morgan fingerprint density at radius 3 is 2.62 bits per heavy atom. The van der Waals surface area contributed by atoms with Gasteiger partial charge < -0.3 is 9.64 Å². The Morgan fingerprint density at radius 1 is 1.24 bits per heavy atom. The molecule has 152 valence electrons. The van der Waals surface area contributed by atoms with E-state index in [0.29, 0.717) is 47.4 Å². The number of aryl methyl sites for hydroxylation is 2. The van der Waals surface area contributed by atoms with E-state index >= 15 is 0 Å². The van der Waals surface area contributed by atoms with Crippen LogP contribution in [0.4, 0.5) is 4.39 Å². The molecule has 3 aromatic rings. The zero-order valence-corrected chi connectivity index (χ0v) is 17.7. The van der Waals surface area contributed by atoms with Crippen LogP contribution >= 0.6 is 23.1 Å². The SMILES string of the molecule is Cc1sc2nc(SCC(=O)N3CCOCC3)n(-c3ccc(F)cc3)c(=O)c2c1C. The molecule has 3 heterocycles. The number of amides is 1. The molecule has 0 unspecified atom stereocenters. The lowest BCUT2D eigenvalue weighted by Gasteiger charge is -2.26. The van der Waals surface area contributed by atoms with Gasteiger partial charge in [0.1, 0.15) is 10.6 Å². The molecule has 0 bridgehead atoms. The first-order chi connectivity index (χ1) is 14.0. The number of fused-ring (bicyclic) bond motifs is 1. The molecule has 0 spiro atoms. The van der Waals surface area contributed by atoms with Crippen LogP contribution in [0.25, 0.3) is 15.9 Å². The number of rotatable bonds is 4. The summed E-state index contributed by atoms with van der Waals surface area (Å²) < 4.78 is 20.2. The minimum Gasteiger partial charge on any atom is -0.378 e. The van der Waals surface area contributed by atoms with Crippen LogP contribution in [0.5, 0.6) is 0 Å². The first-order valence-electron chi connectivity index (χ1n) is 9.22.